The van der Waals surface area contributed by atoms with Gasteiger partial charge in [0, 0.05) is 38.2 Å². The van der Waals surface area contributed by atoms with Crippen molar-refractivity contribution in [1.82, 2.24) is 0 Å². The first-order chi connectivity index (χ1) is 15.5. The molecule has 0 aliphatic carbocycles. The van der Waals surface area contributed by atoms with Gasteiger partial charge in [0.25, 0.3) is 0 Å². The summed E-state index contributed by atoms with van der Waals surface area (Å²) in [5, 5.41) is 36.9. The van der Waals surface area contributed by atoms with Crippen LogP contribution >= 0.6 is 0 Å². The monoisotopic (exact) mass is 460 g/mol. The lowest BCUT2D eigenvalue weighted by atomic mass is 10.1. The van der Waals surface area contributed by atoms with E-state index < -0.39 is 24.5 Å². The normalized spacial score (nSPS) is 13.2. The lowest BCUT2D eigenvalue weighted by Gasteiger charge is -2.11. The van der Waals surface area contributed by atoms with Crippen molar-refractivity contribution >= 4 is 11.9 Å². The Hall–Kier alpha value is -1.48. The fraction of sp³-hybridized carbons (Fsp3) is 0.833. The van der Waals surface area contributed by atoms with Crippen molar-refractivity contribution in [2.24, 2.45) is 0 Å². The molecule has 0 spiro atoms. The van der Waals surface area contributed by atoms with E-state index in [1.165, 1.54) is 0 Å². The van der Waals surface area contributed by atoms with E-state index in [9.17, 15) is 19.8 Å². The Bertz CT molecular complexity index is 439. The maximum Gasteiger partial charge on any atom is 0.333 e. The highest BCUT2D eigenvalue weighted by molar-refractivity contribution is 5.91. The number of ether oxygens (including phenoxy) is 2. The van der Waals surface area contributed by atoms with E-state index in [-0.39, 0.29) is 13.2 Å². The summed E-state index contributed by atoms with van der Waals surface area (Å²) < 4.78 is 9.62. The fourth-order valence-corrected chi connectivity index (χ4v) is 3.23. The molecule has 0 radical (unpaired) electrons. The molecule has 8 nitrogen and oxygen atoms in total. The van der Waals surface area contributed by atoms with Gasteiger partial charge in [-0.2, -0.15) is 0 Å². The van der Waals surface area contributed by atoms with Crippen LogP contribution in [0.4, 0.5) is 0 Å². The molecule has 0 saturated heterocycles. The van der Waals surface area contributed by atoms with E-state index in [1.807, 2.05) is 0 Å². The molecular weight excluding hydrogens is 416 g/mol. The lowest BCUT2D eigenvalue weighted by Crippen LogP contribution is -2.18. The minimum Gasteiger partial charge on any atom is -0.433 e. The first-order valence-corrected chi connectivity index (χ1v) is 12.2. The quantitative estimate of drug-likeness (QED) is 0.0835. The van der Waals surface area contributed by atoms with Gasteiger partial charge in [0.1, 0.15) is 0 Å². The van der Waals surface area contributed by atoms with Crippen molar-refractivity contribution in [2.75, 3.05) is 13.2 Å². The van der Waals surface area contributed by atoms with Crippen LogP contribution in [0.15, 0.2) is 12.2 Å². The molecule has 0 amide bonds. The highest BCUT2D eigenvalue weighted by Gasteiger charge is 2.11. The SMILES string of the molecule is O=C(/C=C/C(=O)OC(O)CCCCCCCCCO)OC(O)CCCCCCCCCO. The second-order valence-electron chi connectivity index (χ2n) is 8.09. The van der Waals surface area contributed by atoms with Crippen LogP contribution < -0.4 is 0 Å². The number of aliphatic hydroxyl groups is 4. The Morgan fingerprint density at radius 3 is 1.12 bits per heavy atom. The van der Waals surface area contributed by atoms with Gasteiger partial charge < -0.3 is 29.9 Å². The van der Waals surface area contributed by atoms with Crippen molar-refractivity contribution in [3.63, 3.8) is 0 Å². The first kappa shape index (κ1) is 30.5. The Morgan fingerprint density at radius 1 is 0.531 bits per heavy atom. The first-order valence-electron chi connectivity index (χ1n) is 12.2. The van der Waals surface area contributed by atoms with Crippen molar-refractivity contribution in [1.29, 1.82) is 0 Å². The Balaban J connectivity index is 3.73. The third-order valence-electron chi connectivity index (χ3n) is 5.08. The van der Waals surface area contributed by atoms with Gasteiger partial charge in [0.15, 0.2) is 0 Å². The molecule has 0 saturated carbocycles. The Morgan fingerprint density at radius 2 is 0.812 bits per heavy atom. The molecule has 4 N–H and O–H groups in total. The molecule has 0 fully saturated rings. The second-order valence-corrected chi connectivity index (χ2v) is 8.09. The number of carbonyl (C=O) groups is 2. The summed E-state index contributed by atoms with van der Waals surface area (Å²) in [6, 6.07) is 0. The maximum atomic E-state index is 11.6. The topological polar surface area (TPSA) is 134 Å². The summed E-state index contributed by atoms with van der Waals surface area (Å²) in [4.78, 5) is 23.3. The zero-order chi connectivity index (χ0) is 23.9. The molecule has 8 heteroatoms. The maximum absolute atomic E-state index is 11.6. The smallest absolute Gasteiger partial charge is 0.333 e. The minimum absolute atomic E-state index is 0.234. The molecule has 0 heterocycles. The van der Waals surface area contributed by atoms with Crippen LogP contribution in [0.5, 0.6) is 0 Å². The largest absolute Gasteiger partial charge is 0.433 e. The highest BCUT2D eigenvalue weighted by atomic mass is 16.6. The van der Waals surface area contributed by atoms with Gasteiger partial charge in [-0.15, -0.1) is 0 Å². The van der Waals surface area contributed by atoms with E-state index in [2.05, 4.69) is 0 Å². The molecular formula is C24H44O8. The number of aliphatic hydroxyl groups excluding tert-OH is 4. The van der Waals surface area contributed by atoms with Crippen LogP contribution in [0.25, 0.3) is 0 Å². The van der Waals surface area contributed by atoms with Gasteiger partial charge in [0.2, 0.25) is 12.6 Å². The number of esters is 2. The minimum atomic E-state index is -1.22. The van der Waals surface area contributed by atoms with Gasteiger partial charge in [-0.05, 0) is 25.7 Å². The summed E-state index contributed by atoms with van der Waals surface area (Å²) in [5.41, 5.74) is 0. The number of hydrogen-bond donors (Lipinski definition) is 4. The van der Waals surface area contributed by atoms with Crippen molar-refractivity contribution in [2.45, 2.75) is 115 Å². The number of unbranched alkanes of at least 4 members (excludes halogenated alkanes) is 12. The van der Waals surface area contributed by atoms with Crippen molar-refractivity contribution in [3.8, 4) is 0 Å². The van der Waals surface area contributed by atoms with Crippen LogP contribution in [0, 0.1) is 0 Å². The molecule has 0 aromatic carbocycles. The van der Waals surface area contributed by atoms with Gasteiger partial charge in [0.05, 0.1) is 0 Å². The second kappa shape index (κ2) is 22.7. The van der Waals surface area contributed by atoms with E-state index >= 15 is 0 Å². The molecule has 0 aliphatic rings. The van der Waals surface area contributed by atoms with Gasteiger partial charge >= 0.3 is 11.9 Å². The molecule has 32 heavy (non-hydrogen) atoms. The molecule has 0 aromatic heterocycles. The van der Waals surface area contributed by atoms with Crippen LogP contribution in [0.2, 0.25) is 0 Å². The summed E-state index contributed by atoms with van der Waals surface area (Å²) in [6.45, 7) is 0.468. The summed E-state index contributed by atoms with van der Waals surface area (Å²) in [5.74, 6) is -1.68. The van der Waals surface area contributed by atoms with Crippen LogP contribution in [-0.2, 0) is 19.1 Å². The van der Waals surface area contributed by atoms with E-state index in [0.717, 1.165) is 102 Å². The van der Waals surface area contributed by atoms with Crippen LogP contribution in [0.3, 0.4) is 0 Å². The summed E-state index contributed by atoms with van der Waals surface area (Å²) in [7, 11) is 0. The molecule has 2 unspecified atom stereocenters. The van der Waals surface area contributed by atoms with Crippen molar-refractivity contribution < 1.29 is 39.5 Å². The van der Waals surface area contributed by atoms with Crippen LogP contribution in [0.1, 0.15) is 103 Å². The Labute approximate surface area is 192 Å². The van der Waals surface area contributed by atoms with E-state index in [0.29, 0.717) is 12.8 Å². The Kier molecular flexibility index (Phi) is 21.7. The summed E-state index contributed by atoms with van der Waals surface area (Å²) >= 11 is 0. The predicted molar refractivity (Wildman–Crippen MR) is 121 cm³/mol. The molecule has 2 atom stereocenters. The molecule has 188 valence electrons. The lowest BCUT2D eigenvalue weighted by molar-refractivity contribution is -0.165. The summed E-state index contributed by atoms with van der Waals surface area (Å²) in [6.07, 6.45) is 13.4. The average Bonchev–Trinajstić information content (AvgIpc) is 2.76. The predicted octanol–water partition coefficient (Wildman–Crippen LogP) is 3.49. The highest BCUT2D eigenvalue weighted by Crippen LogP contribution is 2.12. The van der Waals surface area contributed by atoms with Crippen molar-refractivity contribution in [3.05, 3.63) is 12.2 Å². The fourth-order valence-electron chi connectivity index (χ4n) is 3.23. The molecule has 0 aromatic rings. The molecule has 0 bridgehead atoms. The van der Waals surface area contributed by atoms with Gasteiger partial charge in [-0.3, -0.25) is 0 Å². The molecule has 0 rings (SSSR count). The van der Waals surface area contributed by atoms with Crippen LogP contribution in [-0.4, -0.2) is 58.2 Å². The number of carbonyl (C=O) groups excluding carboxylic acids is 2. The zero-order valence-electron chi connectivity index (χ0n) is 19.5. The standard InChI is InChI=1S/C24H44O8/c25-19-13-9-5-1-3-7-11-15-21(27)31-23(29)17-18-24(30)32-22(28)16-12-8-4-2-6-10-14-20-26/h17-18,21-22,25-28H,1-16,19-20H2/b18-17+. The van der Waals surface area contributed by atoms with Gasteiger partial charge in [-0.25, -0.2) is 9.59 Å². The number of hydrogen-bond acceptors (Lipinski definition) is 8. The zero-order valence-corrected chi connectivity index (χ0v) is 19.5. The van der Waals surface area contributed by atoms with E-state index in [1.54, 1.807) is 0 Å². The van der Waals surface area contributed by atoms with E-state index in [4.69, 9.17) is 19.7 Å². The third kappa shape index (κ3) is 21.7. The van der Waals surface area contributed by atoms with Gasteiger partial charge in [-0.1, -0.05) is 64.2 Å². The third-order valence-corrected chi connectivity index (χ3v) is 5.08. The number of rotatable bonds is 22. The average molecular weight is 461 g/mol. The molecule has 0 aliphatic heterocycles.